The summed E-state index contributed by atoms with van der Waals surface area (Å²) in [7, 11) is 1.66. The predicted octanol–water partition coefficient (Wildman–Crippen LogP) is 6.82. The Morgan fingerprint density at radius 3 is 2.10 bits per heavy atom. The van der Waals surface area contributed by atoms with Gasteiger partial charge in [-0.2, -0.15) is 0 Å². The number of hydrogen-bond donors (Lipinski definition) is 0. The van der Waals surface area contributed by atoms with Gasteiger partial charge >= 0.3 is 0 Å². The SMILES string of the molecule is COc1ccc(Cc2ccccc2C(=O)[C@H]2CC(OCc3ccccc3)CC(COCc3ccccc3)O2)cc1. The number of rotatable bonds is 12. The first kappa shape index (κ1) is 27.8. The van der Waals surface area contributed by atoms with Crippen molar-refractivity contribution in [3.63, 3.8) is 0 Å². The lowest BCUT2D eigenvalue weighted by atomic mass is 9.91. The summed E-state index contributed by atoms with van der Waals surface area (Å²) >= 11 is 0. The third-order valence-electron chi connectivity index (χ3n) is 7.23. The highest BCUT2D eigenvalue weighted by Gasteiger charge is 2.35. The van der Waals surface area contributed by atoms with E-state index in [4.69, 9.17) is 18.9 Å². The molecule has 0 saturated carbocycles. The van der Waals surface area contributed by atoms with Crippen molar-refractivity contribution < 1.29 is 23.7 Å². The molecule has 40 heavy (non-hydrogen) atoms. The number of Topliss-reactive ketones (excluding diaryl/α,β-unsaturated/α-hetero) is 1. The number of ketones is 1. The van der Waals surface area contributed by atoms with E-state index in [0.717, 1.165) is 28.0 Å². The Morgan fingerprint density at radius 2 is 1.40 bits per heavy atom. The molecule has 0 aliphatic carbocycles. The Morgan fingerprint density at radius 1 is 0.750 bits per heavy atom. The highest BCUT2D eigenvalue weighted by atomic mass is 16.5. The zero-order valence-corrected chi connectivity index (χ0v) is 22.9. The summed E-state index contributed by atoms with van der Waals surface area (Å²) in [6, 6.07) is 36.0. The highest BCUT2D eigenvalue weighted by molar-refractivity contribution is 6.01. The van der Waals surface area contributed by atoms with Gasteiger partial charge in [-0.25, -0.2) is 0 Å². The predicted molar refractivity (Wildman–Crippen MR) is 156 cm³/mol. The summed E-state index contributed by atoms with van der Waals surface area (Å²) in [4.78, 5) is 13.9. The van der Waals surface area contributed by atoms with Crippen LogP contribution < -0.4 is 4.74 Å². The number of benzene rings is 4. The van der Waals surface area contributed by atoms with Gasteiger partial charge < -0.3 is 18.9 Å². The van der Waals surface area contributed by atoms with E-state index in [1.54, 1.807) is 7.11 Å². The van der Waals surface area contributed by atoms with Crippen molar-refractivity contribution in [1.29, 1.82) is 0 Å². The lowest BCUT2D eigenvalue weighted by Gasteiger charge is -2.35. The smallest absolute Gasteiger partial charge is 0.191 e. The van der Waals surface area contributed by atoms with Gasteiger partial charge in [0.05, 0.1) is 39.1 Å². The van der Waals surface area contributed by atoms with E-state index in [1.807, 2.05) is 97.1 Å². The molecule has 0 N–H and O–H groups in total. The third kappa shape index (κ3) is 7.66. The second-order valence-electron chi connectivity index (χ2n) is 10.2. The summed E-state index contributed by atoms with van der Waals surface area (Å²) in [5, 5.41) is 0. The summed E-state index contributed by atoms with van der Waals surface area (Å²) in [5.41, 5.74) is 5.00. The fourth-order valence-electron chi connectivity index (χ4n) is 5.11. The first-order valence-electron chi connectivity index (χ1n) is 13.9. The summed E-state index contributed by atoms with van der Waals surface area (Å²) in [6.45, 7) is 1.40. The monoisotopic (exact) mass is 536 g/mol. The fraction of sp³-hybridized carbons (Fsp3) is 0.286. The molecule has 1 fully saturated rings. The number of carbonyl (C=O) groups excluding carboxylic acids is 1. The Hall–Kier alpha value is -3.77. The van der Waals surface area contributed by atoms with Gasteiger partial charge in [-0.15, -0.1) is 0 Å². The van der Waals surface area contributed by atoms with E-state index < -0.39 is 6.10 Å². The van der Waals surface area contributed by atoms with Crippen LogP contribution in [0.4, 0.5) is 0 Å². The molecule has 5 nitrogen and oxygen atoms in total. The fourth-order valence-corrected chi connectivity index (χ4v) is 5.11. The van der Waals surface area contributed by atoms with Gasteiger partial charge in [0.2, 0.25) is 0 Å². The van der Waals surface area contributed by atoms with Crippen LogP contribution >= 0.6 is 0 Å². The Balaban J connectivity index is 1.29. The van der Waals surface area contributed by atoms with Crippen LogP contribution in [0, 0.1) is 0 Å². The second kappa shape index (κ2) is 14.0. The number of ether oxygens (including phenoxy) is 4. The Labute approximate surface area is 236 Å². The van der Waals surface area contributed by atoms with Crippen molar-refractivity contribution in [2.24, 2.45) is 0 Å². The molecule has 1 heterocycles. The minimum absolute atomic E-state index is 0.00909. The Kier molecular flexibility index (Phi) is 9.75. The summed E-state index contributed by atoms with van der Waals surface area (Å²) in [6.07, 6.45) is 0.895. The maximum Gasteiger partial charge on any atom is 0.191 e. The zero-order valence-electron chi connectivity index (χ0n) is 22.9. The second-order valence-corrected chi connectivity index (χ2v) is 10.2. The number of hydrogen-bond acceptors (Lipinski definition) is 5. The molecule has 2 unspecified atom stereocenters. The molecule has 4 aromatic rings. The topological polar surface area (TPSA) is 54.0 Å². The van der Waals surface area contributed by atoms with E-state index in [2.05, 4.69) is 12.1 Å². The molecule has 0 bridgehead atoms. The lowest BCUT2D eigenvalue weighted by molar-refractivity contribution is -0.127. The third-order valence-corrected chi connectivity index (χ3v) is 7.23. The zero-order chi connectivity index (χ0) is 27.6. The average Bonchev–Trinajstić information content (AvgIpc) is 3.01. The summed E-state index contributed by atoms with van der Waals surface area (Å²) in [5.74, 6) is 0.802. The molecule has 0 radical (unpaired) electrons. The molecular weight excluding hydrogens is 500 g/mol. The maximum absolute atomic E-state index is 13.9. The molecule has 1 aliphatic heterocycles. The summed E-state index contributed by atoms with van der Waals surface area (Å²) < 4.78 is 24.0. The molecule has 0 aromatic heterocycles. The van der Waals surface area contributed by atoms with E-state index >= 15 is 0 Å². The average molecular weight is 537 g/mol. The van der Waals surface area contributed by atoms with Crippen LogP contribution in [0.25, 0.3) is 0 Å². The van der Waals surface area contributed by atoms with Crippen LogP contribution in [0.5, 0.6) is 5.75 Å². The Bertz CT molecular complexity index is 1340. The van der Waals surface area contributed by atoms with Gasteiger partial charge in [0.15, 0.2) is 5.78 Å². The highest BCUT2D eigenvalue weighted by Crippen LogP contribution is 2.28. The first-order chi connectivity index (χ1) is 19.7. The van der Waals surface area contributed by atoms with Crippen LogP contribution in [-0.2, 0) is 33.8 Å². The van der Waals surface area contributed by atoms with Crippen molar-refractivity contribution in [2.75, 3.05) is 13.7 Å². The number of carbonyl (C=O) groups is 1. The number of methoxy groups -OCH3 is 1. The molecule has 4 aromatic carbocycles. The molecule has 0 spiro atoms. The standard InChI is InChI=1S/C35H36O5/c1-37-30-18-16-26(17-19-30)20-29-14-8-9-15-33(29)35(36)34-22-31(39-24-28-12-6-3-7-13-28)21-32(40-34)25-38-23-27-10-4-2-5-11-27/h2-19,31-32,34H,20-25H2,1H3/t31?,32?,34-/m1/s1. The largest absolute Gasteiger partial charge is 0.497 e. The van der Waals surface area contributed by atoms with Gasteiger partial charge in [0.25, 0.3) is 0 Å². The van der Waals surface area contributed by atoms with Crippen molar-refractivity contribution >= 4 is 5.78 Å². The van der Waals surface area contributed by atoms with Crippen LogP contribution in [0.2, 0.25) is 0 Å². The van der Waals surface area contributed by atoms with Crippen molar-refractivity contribution in [3.05, 3.63) is 137 Å². The normalized spacial score (nSPS) is 18.8. The van der Waals surface area contributed by atoms with Crippen LogP contribution in [0.3, 0.4) is 0 Å². The molecule has 3 atom stereocenters. The minimum Gasteiger partial charge on any atom is -0.497 e. The molecule has 1 aliphatic rings. The van der Waals surface area contributed by atoms with Gasteiger partial charge in [-0.1, -0.05) is 97.1 Å². The first-order valence-corrected chi connectivity index (χ1v) is 13.9. The van der Waals surface area contributed by atoms with Crippen LogP contribution in [0.15, 0.2) is 109 Å². The van der Waals surface area contributed by atoms with Crippen molar-refractivity contribution in [1.82, 2.24) is 0 Å². The van der Waals surface area contributed by atoms with E-state index in [0.29, 0.717) is 44.6 Å². The molecule has 1 saturated heterocycles. The quantitative estimate of drug-likeness (QED) is 0.186. The molecule has 206 valence electrons. The molecule has 5 heteroatoms. The molecular formula is C35H36O5. The van der Waals surface area contributed by atoms with E-state index in [1.165, 1.54) is 0 Å². The van der Waals surface area contributed by atoms with E-state index in [9.17, 15) is 4.79 Å². The van der Waals surface area contributed by atoms with Crippen LogP contribution in [0.1, 0.15) is 45.5 Å². The molecule has 5 rings (SSSR count). The van der Waals surface area contributed by atoms with Gasteiger partial charge in [0.1, 0.15) is 11.9 Å². The van der Waals surface area contributed by atoms with Gasteiger partial charge in [-0.05, 0) is 40.8 Å². The lowest BCUT2D eigenvalue weighted by Crippen LogP contribution is -2.43. The van der Waals surface area contributed by atoms with E-state index in [-0.39, 0.29) is 18.0 Å². The molecule has 0 amide bonds. The van der Waals surface area contributed by atoms with Crippen molar-refractivity contribution in [2.45, 2.75) is 50.8 Å². The minimum atomic E-state index is -0.600. The van der Waals surface area contributed by atoms with Crippen molar-refractivity contribution in [3.8, 4) is 5.75 Å². The maximum atomic E-state index is 13.9. The van der Waals surface area contributed by atoms with Gasteiger partial charge in [-0.3, -0.25) is 4.79 Å². The van der Waals surface area contributed by atoms with Gasteiger partial charge in [0, 0.05) is 18.4 Å². The van der Waals surface area contributed by atoms with Crippen LogP contribution in [-0.4, -0.2) is 37.8 Å².